The highest BCUT2D eigenvalue weighted by atomic mass is 35.5. The quantitative estimate of drug-likeness (QED) is 0.354. The number of H-pyrrole nitrogens is 1. The van der Waals surface area contributed by atoms with Crippen LogP contribution in [0.2, 0.25) is 0 Å². The van der Waals surface area contributed by atoms with Crippen molar-refractivity contribution in [3.63, 3.8) is 0 Å². The van der Waals surface area contributed by atoms with Crippen LogP contribution in [0, 0.1) is 13.8 Å². The molecule has 1 aromatic heterocycles. The molecule has 1 heterocycles. The molecule has 31 heavy (non-hydrogen) atoms. The van der Waals surface area contributed by atoms with Crippen LogP contribution >= 0.6 is 7.26 Å². The third kappa shape index (κ3) is 4.01. The van der Waals surface area contributed by atoms with Gasteiger partial charge in [0.15, 0.2) is 7.26 Å². The minimum absolute atomic E-state index is 0. The lowest BCUT2D eigenvalue weighted by Crippen LogP contribution is -3.00. The van der Waals surface area contributed by atoms with Gasteiger partial charge in [-0.05, 0) is 50.2 Å². The summed E-state index contributed by atoms with van der Waals surface area (Å²) >= 11 is 0. The van der Waals surface area contributed by atoms with E-state index in [1.165, 1.54) is 28.6 Å². The van der Waals surface area contributed by atoms with Gasteiger partial charge in [0.2, 0.25) is 11.3 Å². The molecule has 0 aliphatic heterocycles. The summed E-state index contributed by atoms with van der Waals surface area (Å²) in [5.74, 6) is -0.235. The van der Waals surface area contributed by atoms with E-state index >= 15 is 0 Å². The zero-order valence-electron chi connectivity index (χ0n) is 17.7. The largest absolute Gasteiger partial charge is 1.00 e. The van der Waals surface area contributed by atoms with Gasteiger partial charge in [-0.15, -0.1) is 0 Å². The second kappa shape index (κ2) is 9.47. The second-order valence-corrected chi connectivity index (χ2v) is 10.5. The number of aromatic amines is 1. The molecule has 3 aromatic carbocycles. The number of halogens is 1. The predicted molar refractivity (Wildman–Crippen MR) is 124 cm³/mol. The smallest absolute Gasteiger partial charge is 0.374 e. The molecular formula is C25H24ClN2O2P. The summed E-state index contributed by atoms with van der Waals surface area (Å²) in [6.45, 7) is 4.06. The average Bonchev–Trinajstić information content (AvgIpc) is 3.18. The molecule has 0 amide bonds. The summed E-state index contributed by atoms with van der Waals surface area (Å²) in [6, 6.07) is 29.6. The Bertz CT molecular complexity index is 1120. The van der Waals surface area contributed by atoms with Crippen molar-refractivity contribution in [1.82, 2.24) is 9.97 Å². The van der Waals surface area contributed by atoms with Crippen LogP contribution in [0.3, 0.4) is 0 Å². The van der Waals surface area contributed by atoms with Crippen LogP contribution in [0.1, 0.15) is 21.9 Å². The minimum atomic E-state index is -2.34. The molecule has 6 heteroatoms. The first-order valence-electron chi connectivity index (χ1n) is 9.80. The highest BCUT2D eigenvalue weighted by Gasteiger charge is 2.51. The van der Waals surface area contributed by atoms with Crippen LogP contribution in [0.5, 0.6) is 0 Å². The standard InChI is InChI=1S/C25H23N2O2P.ClH/c1-18-14-16-22(17-15-18)30(20-10-6-4-7-11-20,21-12-8-5-9-13-21)24-19(2)26-23(27-24)25(28)29-3;/h4-17H,1-3H3;1H. The van der Waals surface area contributed by atoms with Crippen molar-refractivity contribution in [2.75, 3.05) is 7.11 Å². The number of nitrogens with zero attached hydrogens (tertiary/aromatic N) is 1. The van der Waals surface area contributed by atoms with Gasteiger partial charge in [0.25, 0.3) is 0 Å². The maximum absolute atomic E-state index is 12.3. The number of hydrogen-bond donors (Lipinski definition) is 1. The molecule has 4 aromatic rings. The van der Waals surface area contributed by atoms with Crippen molar-refractivity contribution < 1.29 is 21.9 Å². The number of nitrogens with one attached hydrogen (secondary N) is 1. The molecule has 0 saturated carbocycles. The maximum atomic E-state index is 12.3. The van der Waals surface area contributed by atoms with E-state index in [9.17, 15) is 4.79 Å². The Morgan fingerprint density at radius 2 is 1.29 bits per heavy atom. The summed E-state index contributed by atoms with van der Waals surface area (Å²) in [4.78, 5) is 20.2. The summed E-state index contributed by atoms with van der Waals surface area (Å²) in [6.07, 6.45) is 0. The van der Waals surface area contributed by atoms with E-state index in [2.05, 4.69) is 84.7 Å². The molecule has 0 aliphatic rings. The molecule has 1 N–H and O–H groups in total. The van der Waals surface area contributed by atoms with E-state index in [0.717, 1.165) is 11.1 Å². The molecule has 0 fully saturated rings. The fourth-order valence-corrected chi connectivity index (χ4v) is 8.13. The third-order valence-corrected chi connectivity index (χ3v) is 9.55. The molecule has 0 unspecified atom stereocenters. The lowest BCUT2D eigenvalue weighted by Gasteiger charge is -2.26. The van der Waals surface area contributed by atoms with Crippen molar-refractivity contribution in [2.24, 2.45) is 0 Å². The molecule has 0 saturated heterocycles. The Morgan fingerprint density at radius 3 is 1.77 bits per heavy atom. The molecule has 4 nitrogen and oxygen atoms in total. The number of esters is 1. The SMILES string of the molecule is COC(=O)c1nc([P+](c2ccccc2)(c2ccccc2)c2ccc(C)cc2)c(C)[nH]1.[Cl-]. The zero-order valence-corrected chi connectivity index (χ0v) is 19.3. The van der Waals surface area contributed by atoms with Crippen LogP contribution < -0.4 is 33.8 Å². The molecule has 0 radical (unpaired) electrons. The van der Waals surface area contributed by atoms with E-state index in [4.69, 9.17) is 9.72 Å². The first-order valence-corrected chi connectivity index (χ1v) is 11.6. The van der Waals surface area contributed by atoms with Crippen LogP contribution in [0.25, 0.3) is 0 Å². The summed E-state index contributed by atoms with van der Waals surface area (Å²) in [5, 5.41) is 3.56. The number of aryl methyl sites for hydroxylation is 2. The summed E-state index contributed by atoms with van der Waals surface area (Å²) < 4.78 is 4.93. The third-order valence-electron chi connectivity index (χ3n) is 5.26. The molecule has 0 spiro atoms. The van der Waals surface area contributed by atoms with Gasteiger partial charge in [0, 0.05) is 0 Å². The maximum Gasteiger partial charge on any atom is 0.374 e. The van der Waals surface area contributed by atoms with Crippen LogP contribution in [-0.2, 0) is 4.74 Å². The Balaban J connectivity index is 0.00000272. The van der Waals surface area contributed by atoms with Crippen molar-refractivity contribution >= 4 is 34.6 Å². The molecule has 0 atom stereocenters. The second-order valence-electron chi connectivity index (χ2n) is 7.20. The summed E-state index contributed by atoms with van der Waals surface area (Å²) in [7, 11) is -0.971. The number of methoxy groups -OCH3 is 1. The van der Waals surface area contributed by atoms with E-state index < -0.39 is 13.2 Å². The highest BCUT2D eigenvalue weighted by molar-refractivity contribution is 8.01. The van der Waals surface area contributed by atoms with E-state index in [-0.39, 0.29) is 18.2 Å². The van der Waals surface area contributed by atoms with E-state index in [0.29, 0.717) is 0 Å². The topological polar surface area (TPSA) is 55.0 Å². The minimum Gasteiger partial charge on any atom is -1.00 e. The predicted octanol–water partition coefficient (Wildman–Crippen LogP) is 0.437. The van der Waals surface area contributed by atoms with Crippen molar-refractivity contribution in [3.8, 4) is 0 Å². The number of benzene rings is 3. The number of hydrogen-bond acceptors (Lipinski definition) is 3. The lowest BCUT2D eigenvalue weighted by molar-refractivity contribution is -0.0000204. The molecule has 0 aliphatic carbocycles. The van der Waals surface area contributed by atoms with Gasteiger partial charge in [-0.1, -0.05) is 54.1 Å². The van der Waals surface area contributed by atoms with Gasteiger partial charge in [0.1, 0.15) is 15.9 Å². The number of carbonyl (C=O) groups is 1. The average molecular weight is 451 g/mol. The lowest BCUT2D eigenvalue weighted by atomic mass is 10.2. The Morgan fingerprint density at radius 1 is 0.806 bits per heavy atom. The van der Waals surface area contributed by atoms with Crippen LogP contribution in [-0.4, -0.2) is 23.0 Å². The van der Waals surface area contributed by atoms with E-state index in [1.54, 1.807) is 0 Å². The van der Waals surface area contributed by atoms with Gasteiger partial charge in [-0.25, -0.2) is 4.79 Å². The highest BCUT2D eigenvalue weighted by Crippen LogP contribution is 2.54. The fraction of sp³-hybridized carbons (Fsp3) is 0.120. The number of aromatic nitrogens is 2. The zero-order chi connectivity index (χ0) is 21.1. The monoisotopic (exact) mass is 450 g/mol. The van der Waals surface area contributed by atoms with Gasteiger partial charge in [-0.2, -0.15) is 4.98 Å². The summed E-state index contributed by atoms with van der Waals surface area (Å²) in [5.41, 5.74) is 2.97. The molecule has 0 bridgehead atoms. The van der Waals surface area contributed by atoms with Crippen LogP contribution in [0.4, 0.5) is 0 Å². The van der Waals surface area contributed by atoms with Crippen molar-refractivity contribution in [2.45, 2.75) is 13.8 Å². The Kier molecular flexibility index (Phi) is 6.94. The van der Waals surface area contributed by atoms with E-state index in [1.807, 2.05) is 19.1 Å². The van der Waals surface area contributed by atoms with Gasteiger partial charge in [0.05, 0.1) is 12.8 Å². The normalized spacial score (nSPS) is 10.9. The first-order chi connectivity index (χ1) is 14.6. The van der Waals surface area contributed by atoms with Crippen molar-refractivity contribution in [3.05, 3.63) is 102 Å². The Hall–Kier alpha value is -2.94. The van der Waals surface area contributed by atoms with Gasteiger partial charge in [-0.3, -0.25) is 0 Å². The van der Waals surface area contributed by atoms with Crippen LogP contribution in [0.15, 0.2) is 84.9 Å². The number of ether oxygens (including phenoxy) is 1. The number of rotatable bonds is 5. The fourth-order valence-electron chi connectivity index (χ4n) is 3.86. The Labute approximate surface area is 189 Å². The molecule has 4 rings (SSSR count). The van der Waals surface area contributed by atoms with Gasteiger partial charge >= 0.3 is 5.97 Å². The number of imidazole rings is 1. The molecular weight excluding hydrogens is 427 g/mol. The number of carbonyl (C=O) groups excluding carboxylic acids is 1. The van der Waals surface area contributed by atoms with Gasteiger partial charge < -0.3 is 22.1 Å². The van der Waals surface area contributed by atoms with Crippen molar-refractivity contribution in [1.29, 1.82) is 0 Å². The molecule has 158 valence electrons. The first kappa shape index (κ1) is 22.7.